The molecule has 0 bridgehead atoms. The largest absolute Gasteiger partial charge is 0.503 e. The second-order valence-corrected chi connectivity index (χ2v) is 5.54. The molecule has 7 heteroatoms. The Kier molecular flexibility index (Phi) is 3.94. The van der Waals surface area contributed by atoms with E-state index in [1.807, 2.05) is 6.07 Å². The Morgan fingerprint density at radius 1 is 1.17 bits per heavy atom. The van der Waals surface area contributed by atoms with Crippen LogP contribution in [0, 0.1) is 0 Å². The lowest BCUT2D eigenvalue weighted by Crippen LogP contribution is -2.25. The average molecular weight is 333 g/mol. The zero-order valence-electron chi connectivity index (χ0n) is 11.9. The van der Waals surface area contributed by atoms with Crippen LogP contribution in [0.4, 0.5) is 0 Å². The van der Waals surface area contributed by atoms with Crippen molar-refractivity contribution in [3.63, 3.8) is 0 Å². The highest BCUT2D eigenvalue weighted by molar-refractivity contribution is 6.30. The molecule has 0 aliphatic rings. The maximum atomic E-state index is 12.5. The zero-order chi connectivity index (χ0) is 16.6. The van der Waals surface area contributed by atoms with Crippen molar-refractivity contribution < 1.29 is 10.2 Å². The Labute approximate surface area is 135 Å². The van der Waals surface area contributed by atoms with E-state index >= 15 is 0 Å². The van der Waals surface area contributed by atoms with E-state index in [2.05, 4.69) is 0 Å². The number of rotatable bonds is 3. The quantitative estimate of drug-likeness (QED) is 0.758. The van der Waals surface area contributed by atoms with Crippen LogP contribution in [-0.2, 0) is 13.2 Å². The summed E-state index contributed by atoms with van der Waals surface area (Å²) in [7, 11) is 0. The second kappa shape index (κ2) is 5.91. The summed E-state index contributed by atoms with van der Waals surface area (Å²) in [6, 6.07) is 7.07. The number of pyridine rings is 1. The molecular weight excluding hydrogens is 320 g/mol. The highest BCUT2D eigenvalue weighted by atomic mass is 35.5. The van der Waals surface area contributed by atoms with Gasteiger partial charge in [0.05, 0.1) is 13.2 Å². The monoisotopic (exact) mass is 332 g/mol. The summed E-state index contributed by atoms with van der Waals surface area (Å²) in [6.07, 6.45) is 4.42. The zero-order valence-corrected chi connectivity index (χ0v) is 12.7. The van der Waals surface area contributed by atoms with E-state index in [4.69, 9.17) is 16.7 Å². The predicted molar refractivity (Wildman–Crippen MR) is 86.1 cm³/mol. The van der Waals surface area contributed by atoms with Gasteiger partial charge in [-0.1, -0.05) is 23.7 Å². The third kappa shape index (κ3) is 2.74. The summed E-state index contributed by atoms with van der Waals surface area (Å²) < 4.78 is 2.71. The van der Waals surface area contributed by atoms with Gasteiger partial charge in [-0.05, 0) is 17.7 Å². The minimum absolute atomic E-state index is 0.0204. The molecular formula is C16H13ClN2O4. The topological polar surface area (TPSA) is 83.9 Å². The fourth-order valence-electron chi connectivity index (χ4n) is 2.43. The van der Waals surface area contributed by atoms with E-state index < -0.39 is 23.3 Å². The van der Waals surface area contributed by atoms with Gasteiger partial charge in [-0.2, -0.15) is 0 Å². The van der Waals surface area contributed by atoms with Crippen LogP contribution in [0.3, 0.4) is 0 Å². The molecule has 0 aliphatic heterocycles. The van der Waals surface area contributed by atoms with Gasteiger partial charge in [0.1, 0.15) is 0 Å². The molecule has 0 saturated carbocycles. The standard InChI is InChI=1S/C16H13ClN2O4/c17-12-3-1-2-10(6-12)7-19-5-4-18-8-11(9-20)14(21)15(22)13(18)16(19)23/h1-6,8,20,22H,7,9H2. The van der Waals surface area contributed by atoms with E-state index in [-0.39, 0.29) is 17.6 Å². The van der Waals surface area contributed by atoms with E-state index in [1.54, 1.807) is 30.6 Å². The van der Waals surface area contributed by atoms with E-state index in [1.165, 1.54) is 15.2 Å². The van der Waals surface area contributed by atoms with Gasteiger partial charge in [-0.25, -0.2) is 0 Å². The van der Waals surface area contributed by atoms with E-state index in [0.717, 1.165) is 5.56 Å². The van der Waals surface area contributed by atoms with Crippen LogP contribution in [-0.4, -0.2) is 19.2 Å². The van der Waals surface area contributed by atoms with Crippen molar-refractivity contribution in [2.45, 2.75) is 13.2 Å². The predicted octanol–water partition coefficient (Wildman–Crippen LogP) is 1.36. The number of hydrogen-bond donors (Lipinski definition) is 2. The van der Waals surface area contributed by atoms with E-state index in [0.29, 0.717) is 5.02 Å². The number of fused-ring (bicyclic) bond motifs is 1. The third-order valence-corrected chi connectivity index (χ3v) is 3.80. The molecule has 2 heterocycles. The number of aromatic hydroxyl groups is 1. The first-order valence-electron chi connectivity index (χ1n) is 6.83. The van der Waals surface area contributed by atoms with Crippen molar-refractivity contribution in [1.82, 2.24) is 8.97 Å². The van der Waals surface area contributed by atoms with Crippen LogP contribution < -0.4 is 11.0 Å². The minimum Gasteiger partial charge on any atom is -0.503 e. The molecule has 0 atom stereocenters. The first kappa shape index (κ1) is 15.3. The van der Waals surface area contributed by atoms with Crippen LogP contribution in [0.15, 0.2) is 52.4 Å². The molecule has 2 N–H and O–H groups in total. The number of aliphatic hydroxyl groups excluding tert-OH is 1. The molecule has 1 aromatic carbocycles. The fourth-order valence-corrected chi connectivity index (χ4v) is 2.64. The molecule has 6 nitrogen and oxygen atoms in total. The molecule has 0 radical (unpaired) electrons. The summed E-state index contributed by atoms with van der Waals surface area (Å²) in [5.41, 5.74) is -0.543. The van der Waals surface area contributed by atoms with Crippen molar-refractivity contribution in [2.24, 2.45) is 0 Å². The van der Waals surface area contributed by atoms with Crippen molar-refractivity contribution in [3.8, 4) is 5.75 Å². The summed E-state index contributed by atoms with van der Waals surface area (Å²) in [6.45, 7) is -0.258. The Morgan fingerprint density at radius 2 is 1.96 bits per heavy atom. The van der Waals surface area contributed by atoms with Gasteiger partial charge >= 0.3 is 0 Å². The molecule has 0 amide bonds. The van der Waals surface area contributed by atoms with Gasteiger partial charge < -0.3 is 19.2 Å². The number of halogens is 1. The summed E-state index contributed by atoms with van der Waals surface area (Å²) in [5.74, 6) is -0.665. The second-order valence-electron chi connectivity index (χ2n) is 5.11. The van der Waals surface area contributed by atoms with Crippen LogP contribution in [0.5, 0.6) is 5.75 Å². The Balaban J connectivity index is 2.18. The Morgan fingerprint density at radius 3 is 2.65 bits per heavy atom. The molecule has 2 aromatic heterocycles. The number of benzene rings is 1. The van der Waals surface area contributed by atoms with Gasteiger partial charge in [0.15, 0.2) is 11.3 Å². The average Bonchev–Trinajstić information content (AvgIpc) is 2.53. The molecule has 3 aromatic rings. The van der Waals surface area contributed by atoms with Crippen molar-refractivity contribution in [2.75, 3.05) is 0 Å². The molecule has 0 unspecified atom stereocenters. The van der Waals surface area contributed by atoms with E-state index in [9.17, 15) is 14.7 Å². The summed E-state index contributed by atoms with van der Waals surface area (Å²) in [4.78, 5) is 24.4. The molecule has 118 valence electrons. The number of hydrogen-bond acceptors (Lipinski definition) is 4. The van der Waals surface area contributed by atoms with Crippen LogP contribution >= 0.6 is 11.6 Å². The molecule has 0 aliphatic carbocycles. The van der Waals surface area contributed by atoms with Gasteiger partial charge in [-0.15, -0.1) is 0 Å². The highest BCUT2D eigenvalue weighted by Gasteiger charge is 2.14. The lowest BCUT2D eigenvalue weighted by atomic mass is 10.2. The summed E-state index contributed by atoms with van der Waals surface area (Å²) >= 11 is 5.93. The first-order chi connectivity index (χ1) is 11.0. The van der Waals surface area contributed by atoms with Crippen LogP contribution in [0.2, 0.25) is 5.02 Å². The molecule has 0 spiro atoms. The lowest BCUT2D eigenvalue weighted by molar-refractivity contribution is 0.279. The Hall–Kier alpha value is -2.57. The SMILES string of the molecule is O=c1c(CO)cn2ccn(Cc3cccc(Cl)c3)c(=O)c2c1O. The lowest BCUT2D eigenvalue weighted by Gasteiger charge is -2.10. The normalized spacial score (nSPS) is 11.0. The highest BCUT2D eigenvalue weighted by Crippen LogP contribution is 2.13. The van der Waals surface area contributed by atoms with Gasteiger partial charge in [0.25, 0.3) is 5.56 Å². The van der Waals surface area contributed by atoms with Crippen LogP contribution in [0.1, 0.15) is 11.1 Å². The van der Waals surface area contributed by atoms with Crippen molar-refractivity contribution in [1.29, 1.82) is 0 Å². The number of aliphatic hydroxyl groups is 1. The fraction of sp³-hybridized carbons (Fsp3) is 0.125. The summed E-state index contributed by atoms with van der Waals surface area (Å²) in [5, 5.41) is 19.7. The van der Waals surface area contributed by atoms with Crippen molar-refractivity contribution >= 4 is 17.1 Å². The number of nitrogens with zero attached hydrogens (tertiary/aromatic N) is 2. The number of aromatic nitrogens is 2. The van der Waals surface area contributed by atoms with Gasteiger partial charge in [0, 0.05) is 29.2 Å². The van der Waals surface area contributed by atoms with Gasteiger partial charge in [0.2, 0.25) is 5.43 Å². The maximum absolute atomic E-state index is 12.5. The van der Waals surface area contributed by atoms with Crippen LogP contribution in [0.25, 0.3) is 5.52 Å². The molecule has 3 rings (SSSR count). The Bertz CT molecular complexity index is 1010. The minimum atomic E-state index is -0.745. The third-order valence-electron chi connectivity index (χ3n) is 3.57. The molecule has 0 saturated heterocycles. The van der Waals surface area contributed by atoms with Crippen molar-refractivity contribution in [3.05, 3.63) is 79.6 Å². The van der Waals surface area contributed by atoms with Gasteiger partial charge in [-0.3, -0.25) is 9.59 Å². The molecule has 0 fully saturated rings. The smallest absolute Gasteiger partial charge is 0.279 e. The maximum Gasteiger partial charge on any atom is 0.279 e. The first-order valence-corrected chi connectivity index (χ1v) is 7.20. The molecule has 23 heavy (non-hydrogen) atoms.